The zero-order valence-corrected chi connectivity index (χ0v) is 30.9. The first-order valence-electron chi connectivity index (χ1n) is 18.2. The average molecular weight is 743 g/mol. The van der Waals surface area contributed by atoms with E-state index >= 15 is 0 Å². The van der Waals surface area contributed by atoms with Gasteiger partial charge in [-0.25, -0.2) is 9.59 Å². The Labute approximate surface area is 305 Å². The Morgan fingerprint density at radius 3 is 1.69 bits per heavy atom. The Kier molecular flexibility index (Phi) is 23.5. The van der Waals surface area contributed by atoms with Gasteiger partial charge in [0, 0.05) is 78.0 Å². The molecule has 1 fully saturated rings. The Morgan fingerprint density at radius 2 is 1.15 bits per heavy atom. The normalized spacial score (nSPS) is 13.4. The molecule has 1 aliphatic rings. The van der Waals surface area contributed by atoms with E-state index in [2.05, 4.69) is 20.8 Å². The van der Waals surface area contributed by atoms with Crippen LogP contribution in [0.15, 0.2) is 0 Å². The first-order valence-corrected chi connectivity index (χ1v) is 18.2. The molecule has 1 heterocycles. The summed E-state index contributed by atoms with van der Waals surface area (Å²) in [5.74, 6) is -4.93. The van der Waals surface area contributed by atoms with E-state index in [0.717, 1.165) is 44.9 Å². The molecule has 0 aromatic heterocycles. The summed E-state index contributed by atoms with van der Waals surface area (Å²) in [4.78, 5) is 98.9. The number of carboxylic acids is 1. The highest BCUT2D eigenvalue weighted by Crippen LogP contribution is 2.14. The van der Waals surface area contributed by atoms with Crippen LogP contribution in [0.2, 0.25) is 0 Å². The lowest BCUT2D eigenvalue weighted by atomic mass is 10.1. The van der Waals surface area contributed by atoms with Crippen LogP contribution in [0.1, 0.15) is 124 Å². The molecule has 0 aliphatic carbocycles. The fraction of sp³-hybridized carbons (Fsp3) is 0.771. The van der Waals surface area contributed by atoms with Gasteiger partial charge in [0.25, 0.3) is 11.8 Å². The zero-order chi connectivity index (χ0) is 38.8. The molecule has 17 heteroatoms. The Bertz CT molecular complexity index is 1160. The third-order valence-corrected chi connectivity index (χ3v) is 7.41. The SMILES string of the molecule is CC(C)(C)OC(=O)CCCCCCC(=O)NCCCOCCCCOCCCNC(=O)CCC(=O)N[C@@H](CCC(=O)ON1C(=O)CCC1=O)C(=O)O. The molecule has 5 amide bonds. The molecule has 0 bridgehead atoms. The number of nitrogens with zero attached hydrogens (tertiary/aromatic N) is 1. The van der Waals surface area contributed by atoms with Crippen LogP contribution >= 0.6 is 0 Å². The van der Waals surface area contributed by atoms with Crippen molar-refractivity contribution in [1.82, 2.24) is 21.0 Å². The van der Waals surface area contributed by atoms with E-state index in [4.69, 9.17) is 14.2 Å². The maximum atomic E-state index is 12.2. The minimum Gasteiger partial charge on any atom is -0.480 e. The second-order valence-electron chi connectivity index (χ2n) is 13.4. The van der Waals surface area contributed by atoms with Crippen LogP contribution in [0, 0.1) is 0 Å². The predicted octanol–water partition coefficient (Wildman–Crippen LogP) is 2.23. The molecule has 17 nitrogen and oxygen atoms in total. The highest BCUT2D eigenvalue weighted by atomic mass is 16.7. The Balaban J connectivity index is 1.93. The van der Waals surface area contributed by atoms with E-state index in [0.29, 0.717) is 63.8 Å². The van der Waals surface area contributed by atoms with Crippen molar-refractivity contribution in [2.75, 3.05) is 39.5 Å². The minimum atomic E-state index is -1.42. The summed E-state index contributed by atoms with van der Waals surface area (Å²) in [7, 11) is 0. The highest BCUT2D eigenvalue weighted by molar-refractivity contribution is 6.01. The number of unbranched alkanes of at least 4 members (excludes halogenated alkanes) is 4. The fourth-order valence-electron chi connectivity index (χ4n) is 4.71. The molecule has 52 heavy (non-hydrogen) atoms. The lowest BCUT2D eigenvalue weighted by molar-refractivity contribution is -0.197. The third kappa shape index (κ3) is 24.1. The van der Waals surface area contributed by atoms with Gasteiger partial charge in [0.2, 0.25) is 17.7 Å². The summed E-state index contributed by atoms with van der Waals surface area (Å²) in [5, 5.41) is 17.5. The van der Waals surface area contributed by atoms with Gasteiger partial charge in [0.15, 0.2) is 0 Å². The van der Waals surface area contributed by atoms with E-state index in [1.165, 1.54) is 0 Å². The first kappa shape index (κ1) is 45.9. The minimum absolute atomic E-state index is 0.0215. The molecule has 0 radical (unpaired) electrons. The highest BCUT2D eigenvalue weighted by Gasteiger charge is 2.33. The quantitative estimate of drug-likeness (QED) is 0.0490. The number of hydrogen-bond donors (Lipinski definition) is 4. The smallest absolute Gasteiger partial charge is 0.333 e. The number of hydrogen-bond acceptors (Lipinski definition) is 12. The van der Waals surface area contributed by atoms with Gasteiger partial charge in [-0.05, 0) is 65.7 Å². The largest absolute Gasteiger partial charge is 0.480 e. The van der Waals surface area contributed by atoms with Crippen LogP contribution in [0.3, 0.4) is 0 Å². The van der Waals surface area contributed by atoms with Gasteiger partial charge in [-0.1, -0.05) is 12.8 Å². The predicted molar refractivity (Wildman–Crippen MR) is 185 cm³/mol. The maximum absolute atomic E-state index is 12.2. The second kappa shape index (κ2) is 26.6. The molecule has 1 aliphatic heterocycles. The van der Waals surface area contributed by atoms with Crippen LogP contribution in [-0.2, 0) is 57.4 Å². The molecule has 4 N–H and O–H groups in total. The van der Waals surface area contributed by atoms with Gasteiger partial charge >= 0.3 is 17.9 Å². The van der Waals surface area contributed by atoms with Crippen molar-refractivity contribution in [2.24, 2.45) is 0 Å². The number of aliphatic carboxylic acids is 1. The zero-order valence-electron chi connectivity index (χ0n) is 30.9. The van der Waals surface area contributed by atoms with Crippen molar-refractivity contribution in [3.8, 4) is 0 Å². The topological polar surface area (TPSA) is 233 Å². The van der Waals surface area contributed by atoms with Gasteiger partial charge in [0.1, 0.15) is 11.6 Å². The Hall–Kier alpha value is -4.12. The molecular formula is C35H58N4O13. The van der Waals surface area contributed by atoms with Crippen LogP contribution in [0.4, 0.5) is 0 Å². The molecule has 1 atom stereocenters. The molecular weight excluding hydrogens is 684 g/mol. The summed E-state index contributed by atoms with van der Waals surface area (Å²) in [6.45, 7) is 8.58. The summed E-state index contributed by atoms with van der Waals surface area (Å²) >= 11 is 0. The summed E-state index contributed by atoms with van der Waals surface area (Å²) in [6.07, 6.45) is 5.78. The van der Waals surface area contributed by atoms with Gasteiger partial charge < -0.3 is 40.1 Å². The monoisotopic (exact) mass is 742 g/mol. The van der Waals surface area contributed by atoms with E-state index in [1.54, 1.807) is 0 Å². The molecule has 296 valence electrons. The fourth-order valence-corrected chi connectivity index (χ4v) is 4.71. The van der Waals surface area contributed by atoms with Crippen molar-refractivity contribution < 1.29 is 62.5 Å². The van der Waals surface area contributed by atoms with Crippen molar-refractivity contribution in [1.29, 1.82) is 0 Å². The maximum Gasteiger partial charge on any atom is 0.333 e. The van der Waals surface area contributed by atoms with Gasteiger partial charge in [-0.3, -0.25) is 28.8 Å². The van der Waals surface area contributed by atoms with E-state index in [9.17, 15) is 43.5 Å². The van der Waals surface area contributed by atoms with Crippen molar-refractivity contribution in [2.45, 2.75) is 135 Å². The molecule has 0 aromatic rings. The molecule has 0 saturated carbocycles. The number of rotatable bonds is 29. The molecule has 0 aromatic carbocycles. The molecule has 0 spiro atoms. The van der Waals surface area contributed by atoms with Gasteiger partial charge in [0.05, 0.1) is 6.42 Å². The lowest BCUT2D eigenvalue weighted by Crippen LogP contribution is -2.42. The van der Waals surface area contributed by atoms with Crippen LogP contribution in [0.25, 0.3) is 0 Å². The van der Waals surface area contributed by atoms with E-state index < -0.39 is 47.7 Å². The van der Waals surface area contributed by atoms with Crippen LogP contribution < -0.4 is 16.0 Å². The van der Waals surface area contributed by atoms with Crippen LogP contribution in [-0.4, -0.2) is 109 Å². The van der Waals surface area contributed by atoms with E-state index in [1.807, 2.05) is 20.8 Å². The van der Waals surface area contributed by atoms with E-state index in [-0.39, 0.29) is 49.9 Å². The number of carbonyl (C=O) groups is 8. The van der Waals surface area contributed by atoms with Gasteiger partial charge in [-0.15, -0.1) is 5.06 Å². The number of esters is 1. The number of carboxylic acid groups (broad SMARTS) is 1. The second-order valence-corrected chi connectivity index (χ2v) is 13.4. The number of ether oxygens (including phenoxy) is 3. The summed E-state index contributed by atoms with van der Waals surface area (Å²) in [5.41, 5.74) is -0.462. The number of amides is 5. The standard InChI is InChI=1S/C35H58N4O13/c1-35(2,3)51-32(45)13-7-5-4-6-12-27(40)36-20-10-24-49-22-8-9-23-50-25-11-21-37-28(41)15-16-29(42)38-26(34(47)48)14-19-33(46)52-39-30(43)17-18-31(39)44/h26H,4-25H2,1-3H3,(H,36,40)(H,37,41)(H,38,42)(H,47,48)/t26-/m0/s1. The number of nitrogens with one attached hydrogen (secondary N) is 3. The molecule has 1 saturated heterocycles. The molecule has 1 rings (SSSR count). The number of carbonyl (C=O) groups excluding carboxylic acids is 7. The molecule has 0 unspecified atom stereocenters. The van der Waals surface area contributed by atoms with Crippen molar-refractivity contribution in [3.05, 3.63) is 0 Å². The number of hydroxylamine groups is 2. The number of imide groups is 1. The first-order chi connectivity index (χ1) is 24.7. The van der Waals surface area contributed by atoms with Crippen molar-refractivity contribution >= 4 is 47.4 Å². The van der Waals surface area contributed by atoms with Crippen molar-refractivity contribution in [3.63, 3.8) is 0 Å². The Morgan fingerprint density at radius 1 is 0.654 bits per heavy atom. The average Bonchev–Trinajstić information content (AvgIpc) is 3.38. The third-order valence-electron chi connectivity index (χ3n) is 7.41. The summed E-state index contributed by atoms with van der Waals surface area (Å²) < 4.78 is 16.4. The van der Waals surface area contributed by atoms with Gasteiger partial charge in [-0.2, -0.15) is 0 Å². The summed E-state index contributed by atoms with van der Waals surface area (Å²) in [6, 6.07) is -1.42. The van der Waals surface area contributed by atoms with Crippen LogP contribution in [0.5, 0.6) is 0 Å². The lowest BCUT2D eigenvalue weighted by Gasteiger charge is -2.19.